The number of ether oxygens (including phenoxy) is 1. The number of nitrogens with zero attached hydrogens (tertiary/aromatic N) is 1. The quantitative estimate of drug-likeness (QED) is 0.357. The van der Waals surface area contributed by atoms with E-state index in [9.17, 15) is 24.3 Å². The zero-order chi connectivity index (χ0) is 27.6. The summed E-state index contributed by atoms with van der Waals surface area (Å²) in [6.07, 6.45) is 4.77. The SMILES string of the molecule is CCc1ccc(N2C(=O)C3CC=C4C(c5ccc(O)cc5OC)C5=C(CC4C3C2=O)C(=O)C=C(C)C5=O)cc1. The molecule has 0 radical (unpaired) electrons. The van der Waals surface area contributed by atoms with Gasteiger partial charge in [-0.25, -0.2) is 0 Å². The number of hydrogen-bond acceptors (Lipinski definition) is 6. The molecule has 0 spiro atoms. The van der Waals surface area contributed by atoms with Crippen molar-refractivity contribution < 1.29 is 29.0 Å². The lowest BCUT2D eigenvalue weighted by molar-refractivity contribution is -0.123. The normalized spacial score (nSPS) is 26.2. The molecule has 2 amide bonds. The van der Waals surface area contributed by atoms with Crippen LogP contribution in [0.2, 0.25) is 0 Å². The molecule has 198 valence electrons. The van der Waals surface area contributed by atoms with Crippen LogP contribution in [-0.2, 0) is 25.6 Å². The second kappa shape index (κ2) is 9.19. The largest absolute Gasteiger partial charge is 0.508 e. The number of phenols is 1. The van der Waals surface area contributed by atoms with Crippen molar-refractivity contribution in [2.45, 2.75) is 39.0 Å². The van der Waals surface area contributed by atoms with Gasteiger partial charge in [0.05, 0.1) is 24.6 Å². The molecule has 4 aliphatic rings. The smallest absolute Gasteiger partial charge is 0.238 e. The van der Waals surface area contributed by atoms with Gasteiger partial charge >= 0.3 is 0 Å². The minimum Gasteiger partial charge on any atom is -0.508 e. The van der Waals surface area contributed by atoms with Crippen LogP contribution in [0.5, 0.6) is 11.5 Å². The van der Waals surface area contributed by atoms with Gasteiger partial charge in [0.1, 0.15) is 11.5 Å². The Hall–Kier alpha value is -4.26. The van der Waals surface area contributed by atoms with Crippen molar-refractivity contribution in [2.24, 2.45) is 17.8 Å². The van der Waals surface area contributed by atoms with Crippen LogP contribution in [0.15, 0.2) is 76.9 Å². The number of ketones is 2. The van der Waals surface area contributed by atoms with E-state index in [1.165, 1.54) is 30.2 Å². The Morgan fingerprint density at radius 2 is 1.74 bits per heavy atom. The molecule has 39 heavy (non-hydrogen) atoms. The third kappa shape index (κ3) is 3.71. The highest BCUT2D eigenvalue weighted by Gasteiger charge is 2.56. The van der Waals surface area contributed by atoms with Crippen LogP contribution in [0.1, 0.15) is 43.7 Å². The molecule has 0 saturated carbocycles. The molecule has 1 heterocycles. The van der Waals surface area contributed by atoms with Crippen LogP contribution in [0, 0.1) is 17.8 Å². The summed E-state index contributed by atoms with van der Waals surface area (Å²) in [5, 5.41) is 10.1. The first kappa shape index (κ1) is 25.0. The molecule has 0 aromatic heterocycles. The zero-order valence-corrected chi connectivity index (χ0v) is 22.1. The first-order valence-electron chi connectivity index (χ1n) is 13.3. The van der Waals surface area contributed by atoms with Crippen molar-refractivity contribution in [1.29, 1.82) is 0 Å². The molecule has 1 saturated heterocycles. The predicted octanol–water partition coefficient (Wildman–Crippen LogP) is 4.60. The van der Waals surface area contributed by atoms with Crippen LogP contribution >= 0.6 is 0 Å². The molecular formula is C32H29NO6. The molecule has 1 N–H and O–H groups in total. The Kier molecular flexibility index (Phi) is 5.90. The number of aromatic hydroxyl groups is 1. The maximum atomic E-state index is 14.0. The number of anilines is 1. The highest BCUT2D eigenvalue weighted by Crippen LogP contribution is 2.56. The van der Waals surface area contributed by atoms with Crippen LogP contribution in [0.3, 0.4) is 0 Å². The predicted molar refractivity (Wildman–Crippen MR) is 144 cm³/mol. The number of fused-ring (bicyclic) bond motifs is 3. The average Bonchev–Trinajstić information content (AvgIpc) is 3.20. The van der Waals surface area contributed by atoms with Gasteiger partial charge in [-0.2, -0.15) is 0 Å². The number of amides is 2. The van der Waals surface area contributed by atoms with E-state index in [1.807, 2.05) is 37.3 Å². The number of hydrogen-bond donors (Lipinski definition) is 1. The van der Waals surface area contributed by atoms with E-state index in [4.69, 9.17) is 4.74 Å². The minimum absolute atomic E-state index is 0.0123. The van der Waals surface area contributed by atoms with Gasteiger partial charge in [0.15, 0.2) is 11.6 Å². The van der Waals surface area contributed by atoms with Crippen molar-refractivity contribution in [2.75, 3.05) is 12.0 Å². The molecule has 7 nitrogen and oxygen atoms in total. The van der Waals surface area contributed by atoms with Crippen LogP contribution in [0.25, 0.3) is 0 Å². The maximum absolute atomic E-state index is 14.0. The number of methoxy groups -OCH3 is 1. The number of carbonyl (C=O) groups is 4. The molecule has 3 aliphatic carbocycles. The van der Waals surface area contributed by atoms with Gasteiger partial charge in [0.2, 0.25) is 11.8 Å². The van der Waals surface area contributed by atoms with Crippen molar-refractivity contribution in [1.82, 2.24) is 0 Å². The lowest BCUT2D eigenvalue weighted by atomic mass is 9.59. The van der Waals surface area contributed by atoms with Crippen LogP contribution in [0.4, 0.5) is 5.69 Å². The summed E-state index contributed by atoms with van der Waals surface area (Å²) in [7, 11) is 1.49. The molecule has 4 unspecified atom stereocenters. The van der Waals surface area contributed by atoms with Crippen molar-refractivity contribution in [3.05, 3.63) is 88.0 Å². The van der Waals surface area contributed by atoms with E-state index < -0.39 is 23.7 Å². The molecule has 1 aliphatic heterocycles. The molecule has 4 atom stereocenters. The van der Waals surface area contributed by atoms with Gasteiger partial charge in [-0.1, -0.05) is 36.8 Å². The minimum atomic E-state index is -0.641. The number of imide groups is 1. The number of Topliss-reactive ketones (excluding diaryl/α,β-unsaturated/α-hetero) is 1. The Morgan fingerprint density at radius 1 is 1.00 bits per heavy atom. The van der Waals surface area contributed by atoms with Crippen LogP contribution < -0.4 is 9.64 Å². The number of aryl methyl sites for hydroxylation is 1. The number of rotatable bonds is 4. The number of allylic oxidation sites excluding steroid dienone is 6. The van der Waals surface area contributed by atoms with Crippen molar-refractivity contribution in [3.8, 4) is 11.5 Å². The molecule has 2 aromatic rings. The number of phenolic OH excluding ortho intramolecular Hbond substituents is 1. The summed E-state index contributed by atoms with van der Waals surface area (Å²) >= 11 is 0. The average molecular weight is 524 g/mol. The summed E-state index contributed by atoms with van der Waals surface area (Å²) < 4.78 is 5.60. The van der Waals surface area contributed by atoms with E-state index in [2.05, 4.69) is 0 Å². The number of benzene rings is 2. The van der Waals surface area contributed by atoms with Gasteiger partial charge < -0.3 is 9.84 Å². The fourth-order valence-corrected chi connectivity index (χ4v) is 6.79. The molecule has 2 aromatic carbocycles. The Bertz CT molecular complexity index is 1540. The molecular weight excluding hydrogens is 494 g/mol. The molecule has 7 heteroatoms. The fraction of sp³-hybridized carbons (Fsp3) is 0.312. The van der Waals surface area contributed by atoms with Gasteiger partial charge in [0, 0.05) is 34.3 Å². The van der Waals surface area contributed by atoms with E-state index in [0.717, 1.165) is 17.6 Å². The lowest BCUT2D eigenvalue weighted by Gasteiger charge is -2.42. The highest BCUT2D eigenvalue weighted by molar-refractivity contribution is 6.25. The van der Waals surface area contributed by atoms with E-state index in [-0.39, 0.29) is 35.6 Å². The first-order chi connectivity index (χ1) is 18.7. The summed E-state index contributed by atoms with van der Waals surface area (Å²) in [6.45, 7) is 3.68. The summed E-state index contributed by atoms with van der Waals surface area (Å²) in [4.78, 5) is 55.7. The summed E-state index contributed by atoms with van der Waals surface area (Å²) in [6, 6.07) is 12.2. The lowest BCUT2D eigenvalue weighted by Crippen LogP contribution is -2.40. The van der Waals surface area contributed by atoms with Gasteiger partial charge in [-0.15, -0.1) is 0 Å². The Labute approximate surface area is 226 Å². The fourth-order valence-electron chi connectivity index (χ4n) is 6.79. The van der Waals surface area contributed by atoms with Gasteiger partial charge in [0.25, 0.3) is 0 Å². The third-order valence-electron chi connectivity index (χ3n) is 8.70. The molecule has 6 rings (SSSR count). The van der Waals surface area contributed by atoms with E-state index in [1.54, 1.807) is 13.0 Å². The third-order valence-corrected chi connectivity index (χ3v) is 8.70. The van der Waals surface area contributed by atoms with Gasteiger partial charge in [-0.3, -0.25) is 24.1 Å². The van der Waals surface area contributed by atoms with Crippen molar-refractivity contribution >= 4 is 29.1 Å². The second-order valence-corrected chi connectivity index (χ2v) is 10.7. The Morgan fingerprint density at radius 3 is 2.44 bits per heavy atom. The molecule has 0 bridgehead atoms. The molecule has 1 fully saturated rings. The first-order valence-corrected chi connectivity index (χ1v) is 13.3. The summed E-state index contributed by atoms with van der Waals surface area (Å²) in [5.74, 6) is -2.79. The summed E-state index contributed by atoms with van der Waals surface area (Å²) in [5.41, 5.74) is 4.29. The maximum Gasteiger partial charge on any atom is 0.238 e. The second-order valence-electron chi connectivity index (χ2n) is 10.7. The Balaban J connectivity index is 1.48. The monoisotopic (exact) mass is 523 g/mol. The van der Waals surface area contributed by atoms with E-state index in [0.29, 0.717) is 40.1 Å². The highest BCUT2D eigenvalue weighted by atomic mass is 16.5. The van der Waals surface area contributed by atoms with Gasteiger partial charge in [-0.05, 0) is 61.9 Å². The van der Waals surface area contributed by atoms with E-state index >= 15 is 0 Å². The number of carbonyl (C=O) groups excluding carboxylic acids is 4. The standard InChI is InChI=1S/C32H29NO6/c1-4-17-5-7-18(8-6-17)33-31(37)22-12-11-20-23(28(22)32(33)38)15-24-25(35)13-16(2)30(36)29(24)27(20)21-10-9-19(34)14-26(21)39-3/h5-11,13-14,22-23,27-28,34H,4,12,15H2,1-3H3. The van der Waals surface area contributed by atoms with Crippen molar-refractivity contribution in [3.63, 3.8) is 0 Å². The topological polar surface area (TPSA) is 101 Å². The van der Waals surface area contributed by atoms with Crippen LogP contribution in [-0.4, -0.2) is 35.6 Å². The zero-order valence-electron chi connectivity index (χ0n) is 22.1.